The summed E-state index contributed by atoms with van der Waals surface area (Å²) in [5.41, 5.74) is 7.73. The van der Waals surface area contributed by atoms with Crippen LogP contribution in [0.1, 0.15) is 16.1 Å². The van der Waals surface area contributed by atoms with Crippen molar-refractivity contribution in [3.05, 3.63) is 107 Å². The maximum atomic E-state index is 12.6. The van der Waals surface area contributed by atoms with E-state index in [0.717, 1.165) is 28.9 Å². The predicted octanol–water partition coefficient (Wildman–Crippen LogP) is 5.81. The van der Waals surface area contributed by atoms with Crippen LogP contribution in [0.3, 0.4) is 0 Å². The second-order valence-electron chi connectivity index (χ2n) is 7.20. The minimum Gasteiger partial charge on any atom is -0.348 e. The molecule has 1 heterocycles. The topological polar surface area (TPSA) is 73.4 Å². The number of aliphatic imine (C=N–C) groups is 1. The van der Waals surface area contributed by atoms with E-state index in [0.29, 0.717) is 22.2 Å². The van der Waals surface area contributed by atoms with Crippen molar-refractivity contribution in [1.82, 2.24) is 15.4 Å². The maximum Gasteiger partial charge on any atom is 0.278 e. The molecule has 0 atom stereocenters. The largest absolute Gasteiger partial charge is 0.348 e. The molecule has 0 aliphatic rings. The van der Waals surface area contributed by atoms with E-state index in [4.69, 9.17) is 23.2 Å². The first-order chi connectivity index (χ1) is 16.1. The number of carbonyl (C=O) groups excluding carboxylic acids is 1. The lowest BCUT2D eigenvalue weighted by Crippen LogP contribution is -2.38. The van der Waals surface area contributed by atoms with Gasteiger partial charge in [0.05, 0.1) is 22.1 Å². The molecule has 2 N–H and O–H groups in total. The molecule has 0 radical (unpaired) electrons. The van der Waals surface area contributed by atoms with Gasteiger partial charge in [0.25, 0.3) is 5.91 Å². The third kappa shape index (κ3) is 6.08. The highest BCUT2D eigenvalue weighted by Crippen LogP contribution is 2.24. The lowest BCUT2D eigenvalue weighted by atomic mass is 10.1. The van der Waals surface area contributed by atoms with E-state index in [1.807, 2.05) is 42.5 Å². The number of anilines is 1. The highest BCUT2D eigenvalue weighted by atomic mass is 35.5. The molecule has 3 aromatic carbocycles. The molecule has 0 saturated carbocycles. The third-order valence-electron chi connectivity index (χ3n) is 4.94. The van der Waals surface area contributed by atoms with Gasteiger partial charge < -0.3 is 4.98 Å². The summed E-state index contributed by atoms with van der Waals surface area (Å²) in [6, 6.07) is 22.8. The first-order valence-corrected chi connectivity index (χ1v) is 11.0. The van der Waals surface area contributed by atoms with Crippen LogP contribution in [-0.4, -0.2) is 28.8 Å². The van der Waals surface area contributed by atoms with E-state index in [1.165, 1.54) is 12.4 Å². The lowest BCUT2D eigenvalue weighted by Gasteiger charge is -2.21. The number of nitrogens with one attached hydrogen (secondary N) is 2. The molecular weight excluding hydrogens is 457 g/mol. The van der Waals surface area contributed by atoms with Crippen LogP contribution in [0.15, 0.2) is 90.3 Å². The Balaban J connectivity index is 1.52. The first kappa shape index (κ1) is 22.7. The lowest BCUT2D eigenvalue weighted by molar-refractivity contribution is 0.100. The van der Waals surface area contributed by atoms with Crippen molar-refractivity contribution >= 4 is 41.1 Å². The maximum absolute atomic E-state index is 12.6. The van der Waals surface area contributed by atoms with Crippen molar-refractivity contribution in [2.45, 2.75) is 6.42 Å². The second-order valence-corrected chi connectivity index (χ2v) is 8.01. The van der Waals surface area contributed by atoms with Gasteiger partial charge in [-0.3, -0.25) is 9.80 Å². The molecule has 1 aromatic heterocycles. The Morgan fingerprint density at radius 1 is 1.00 bits per heavy atom. The Morgan fingerprint density at radius 3 is 2.45 bits per heavy atom. The molecule has 8 heteroatoms. The summed E-state index contributed by atoms with van der Waals surface area (Å²) in [6.07, 6.45) is 5.62. The molecule has 4 aromatic rings. The Bertz CT molecular complexity index is 1230. The molecule has 1 amide bonds. The van der Waals surface area contributed by atoms with Gasteiger partial charge in [-0.05, 0) is 41.5 Å². The highest BCUT2D eigenvalue weighted by Gasteiger charge is 2.09. The van der Waals surface area contributed by atoms with E-state index in [2.05, 4.69) is 32.5 Å². The van der Waals surface area contributed by atoms with Gasteiger partial charge in [-0.15, -0.1) is 0 Å². The summed E-state index contributed by atoms with van der Waals surface area (Å²) in [5.74, 6) is -0.421. The number of nitrogens with zero attached hydrogens (tertiary/aromatic N) is 3. The van der Waals surface area contributed by atoms with E-state index >= 15 is 0 Å². The molecule has 6 nitrogen and oxygen atoms in total. The van der Waals surface area contributed by atoms with Gasteiger partial charge in [0.15, 0.2) is 0 Å². The molecular formula is C25H21Cl2N5O. The quantitative estimate of drug-likeness (QED) is 0.191. The van der Waals surface area contributed by atoms with Crippen LogP contribution >= 0.6 is 23.2 Å². The van der Waals surface area contributed by atoms with Crippen molar-refractivity contribution in [1.29, 1.82) is 0 Å². The molecule has 0 aliphatic heterocycles. The zero-order valence-electron chi connectivity index (χ0n) is 17.6. The number of imidazole rings is 1. The molecule has 0 saturated heterocycles. The Labute approximate surface area is 201 Å². The summed E-state index contributed by atoms with van der Waals surface area (Å²) in [6.45, 7) is 0.607. The Kier molecular flexibility index (Phi) is 7.52. The zero-order chi connectivity index (χ0) is 23.0. The number of carbonyl (C=O) groups is 1. The van der Waals surface area contributed by atoms with Crippen LogP contribution < -0.4 is 10.4 Å². The number of hydrazine groups is 1. The first-order valence-electron chi connectivity index (χ1n) is 10.3. The van der Waals surface area contributed by atoms with E-state index in [-0.39, 0.29) is 0 Å². The van der Waals surface area contributed by atoms with Crippen LogP contribution in [-0.2, 0) is 6.42 Å². The average Bonchev–Trinajstić information content (AvgIpc) is 3.37. The normalized spacial score (nSPS) is 11.1. The third-order valence-corrected chi connectivity index (χ3v) is 5.68. The van der Waals surface area contributed by atoms with Gasteiger partial charge in [0.1, 0.15) is 6.34 Å². The second kappa shape index (κ2) is 10.9. The van der Waals surface area contributed by atoms with Crippen LogP contribution in [0.4, 0.5) is 5.69 Å². The molecule has 0 spiro atoms. The van der Waals surface area contributed by atoms with E-state index < -0.39 is 5.91 Å². The number of hydrogen-bond donors (Lipinski definition) is 2. The molecule has 33 heavy (non-hydrogen) atoms. The average molecular weight is 478 g/mol. The zero-order valence-corrected chi connectivity index (χ0v) is 19.1. The van der Waals surface area contributed by atoms with Crippen LogP contribution in [0.25, 0.3) is 11.1 Å². The van der Waals surface area contributed by atoms with Gasteiger partial charge in [0, 0.05) is 30.4 Å². The predicted molar refractivity (Wildman–Crippen MR) is 134 cm³/mol. The molecule has 0 unspecified atom stereocenters. The monoisotopic (exact) mass is 477 g/mol. The van der Waals surface area contributed by atoms with Crippen molar-refractivity contribution in [2.75, 3.05) is 11.6 Å². The fourth-order valence-corrected chi connectivity index (χ4v) is 3.49. The number of halogens is 2. The summed E-state index contributed by atoms with van der Waals surface area (Å²) < 4.78 is 0. The SMILES string of the molecule is O=C(N=CN(NCCc1cnc[nH]1)c1ccc(-c2ccccc2)cc1)c1ccc(Cl)c(Cl)c1. The minimum atomic E-state index is -0.421. The van der Waals surface area contributed by atoms with Gasteiger partial charge in [-0.2, -0.15) is 4.99 Å². The van der Waals surface area contributed by atoms with Crippen molar-refractivity contribution < 1.29 is 4.79 Å². The number of aromatic nitrogens is 2. The Hall–Kier alpha value is -3.45. The van der Waals surface area contributed by atoms with Gasteiger partial charge in [0.2, 0.25) is 0 Å². The number of amides is 1. The Morgan fingerprint density at radius 2 is 1.76 bits per heavy atom. The summed E-state index contributed by atoms with van der Waals surface area (Å²) in [4.78, 5) is 23.8. The molecule has 0 aliphatic carbocycles. The standard InChI is InChI=1S/C25H21Cl2N5O/c26-23-11-8-20(14-24(23)27)25(33)30-17-32(31-13-12-21-15-28-16-29-21)22-9-6-19(7-10-22)18-4-2-1-3-5-18/h1-11,14-17,31H,12-13H2,(H,28,29). The number of aromatic amines is 1. The molecule has 4 rings (SSSR count). The molecule has 166 valence electrons. The van der Waals surface area contributed by atoms with Crippen LogP contribution in [0.5, 0.6) is 0 Å². The van der Waals surface area contributed by atoms with Gasteiger partial charge in [-0.1, -0.05) is 65.7 Å². The number of H-pyrrole nitrogens is 1. The fraction of sp³-hybridized carbons (Fsp3) is 0.0800. The highest BCUT2D eigenvalue weighted by molar-refractivity contribution is 6.42. The minimum absolute atomic E-state index is 0.309. The van der Waals surface area contributed by atoms with Gasteiger partial charge >= 0.3 is 0 Å². The van der Waals surface area contributed by atoms with Crippen molar-refractivity contribution in [2.24, 2.45) is 4.99 Å². The molecule has 0 bridgehead atoms. The number of rotatable bonds is 8. The summed E-state index contributed by atoms with van der Waals surface area (Å²) >= 11 is 12.0. The van der Waals surface area contributed by atoms with E-state index in [1.54, 1.807) is 29.7 Å². The summed E-state index contributed by atoms with van der Waals surface area (Å²) in [5, 5.41) is 2.42. The smallest absolute Gasteiger partial charge is 0.278 e. The van der Waals surface area contributed by atoms with Crippen LogP contribution in [0.2, 0.25) is 10.0 Å². The van der Waals surface area contributed by atoms with E-state index in [9.17, 15) is 4.79 Å². The fourth-order valence-electron chi connectivity index (χ4n) is 3.19. The van der Waals surface area contributed by atoms with Crippen molar-refractivity contribution in [3.63, 3.8) is 0 Å². The number of benzene rings is 3. The van der Waals surface area contributed by atoms with Crippen LogP contribution in [0, 0.1) is 0 Å². The van der Waals surface area contributed by atoms with Crippen molar-refractivity contribution in [3.8, 4) is 11.1 Å². The summed E-state index contributed by atoms with van der Waals surface area (Å²) in [7, 11) is 0. The van der Waals surface area contributed by atoms with Gasteiger partial charge in [-0.25, -0.2) is 10.4 Å². The molecule has 0 fully saturated rings. The number of hydrogen-bond acceptors (Lipinski definition) is 3.